The maximum absolute atomic E-state index is 13.1. The Balaban J connectivity index is 3.25. The van der Waals surface area contributed by atoms with Crippen molar-refractivity contribution in [2.75, 3.05) is 0 Å². The Bertz CT molecular complexity index is 483. The summed E-state index contributed by atoms with van der Waals surface area (Å²) in [6.07, 6.45) is -0.176. The second-order valence-corrected chi connectivity index (χ2v) is 4.63. The third-order valence-electron chi connectivity index (χ3n) is 2.56. The van der Waals surface area contributed by atoms with Gasteiger partial charge in [-0.3, -0.25) is 4.79 Å². The van der Waals surface area contributed by atoms with Crippen LogP contribution in [0.4, 0.5) is 4.39 Å². The van der Waals surface area contributed by atoms with Crippen LogP contribution in [0.3, 0.4) is 0 Å². The maximum atomic E-state index is 13.1. The van der Waals surface area contributed by atoms with Crippen LogP contribution in [-0.4, -0.2) is 21.1 Å². The fourth-order valence-corrected chi connectivity index (χ4v) is 2.14. The van der Waals surface area contributed by atoms with Crippen LogP contribution in [0.2, 0.25) is 0 Å². The van der Waals surface area contributed by atoms with E-state index in [0.29, 0.717) is 5.56 Å². The van der Waals surface area contributed by atoms with Crippen LogP contribution in [0.1, 0.15) is 5.56 Å². The molecule has 1 rings (SSSR count). The molecule has 0 atom stereocenters. The van der Waals surface area contributed by atoms with E-state index in [9.17, 15) is 14.3 Å². The van der Waals surface area contributed by atoms with Gasteiger partial charge in [-0.15, -0.1) is 0 Å². The van der Waals surface area contributed by atoms with Gasteiger partial charge in [-0.1, -0.05) is 36.6 Å². The Labute approximate surface area is 114 Å². The van der Waals surface area contributed by atoms with Gasteiger partial charge in [0.1, 0.15) is 5.82 Å². The summed E-state index contributed by atoms with van der Waals surface area (Å²) in [7, 11) is 0. The van der Waals surface area contributed by atoms with E-state index in [0.717, 1.165) is 0 Å². The quantitative estimate of drug-likeness (QED) is 0.700. The lowest BCUT2D eigenvalue weighted by molar-refractivity contribution is -0.141. The first kappa shape index (κ1) is 14.5. The van der Waals surface area contributed by atoms with Crippen LogP contribution in [0.15, 0.2) is 24.3 Å². The van der Waals surface area contributed by atoms with Crippen molar-refractivity contribution in [1.29, 1.82) is 0 Å². The standard InChI is InChI=1S/C11H11FN2O2S2/c12-7-3-1-2-6(4-7)5-11(8(13)17,9(14)18)10(15)16/h1-4H,5H2,(H2,13,17)(H2,14,18)(H,15,16). The van der Waals surface area contributed by atoms with Gasteiger partial charge < -0.3 is 16.6 Å². The predicted octanol–water partition coefficient (Wildman–Crippen LogP) is 1.01. The topological polar surface area (TPSA) is 89.3 Å². The minimum absolute atomic E-state index is 0.176. The fraction of sp³-hybridized carbons (Fsp3) is 0.182. The van der Waals surface area contributed by atoms with Crippen molar-refractivity contribution in [2.45, 2.75) is 6.42 Å². The van der Waals surface area contributed by atoms with Crippen molar-refractivity contribution in [3.63, 3.8) is 0 Å². The molecule has 0 saturated carbocycles. The summed E-state index contributed by atoms with van der Waals surface area (Å²) in [5, 5.41) is 9.27. The summed E-state index contributed by atoms with van der Waals surface area (Å²) in [5.41, 5.74) is 9.46. The molecule has 0 radical (unpaired) electrons. The van der Waals surface area contributed by atoms with E-state index in [1.165, 1.54) is 18.2 Å². The average molecular weight is 286 g/mol. The summed E-state index contributed by atoms with van der Waals surface area (Å²) < 4.78 is 13.1. The van der Waals surface area contributed by atoms with Gasteiger partial charge in [-0.25, -0.2) is 4.39 Å². The second kappa shape index (κ2) is 5.36. The number of hydrogen-bond donors (Lipinski definition) is 3. The van der Waals surface area contributed by atoms with Gasteiger partial charge in [-0.2, -0.15) is 0 Å². The van der Waals surface area contributed by atoms with Gasteiger partial charge in [0.2, 0.25) is 0 Å². The zero-order chi connectivity index (χ0) is 13.9. The number of benzene rings is 1. The number of nitrogens with two attached hydrogens (primary N) is 2. The smallest absolute Gasteiger partial charge is 0.323 e. The highest BCUT2D eigenvalue weighted by Gasteiger charge is 2.45. The highest BCUT2D eigenvalue weighted by molar-refractivity contribution is 7.82. The summed E-state index contributed by atoms with van der Waals surface area (Å²) in [6.45, 7) is 0. The first-order valence-electron chi connectivity index (χ1n) is 4.88. The number of carboxylic acid groups (broad SMARTS) is 1. The molecule has 0 aliphatic heterocycles. The van der Waals surface area contributed by atoms with Gasteiger partial charge in [0.15, 0.2) is 5.41 Å². The van der Waals surface area contributed by atoms with Crippen molar-refractivity contribution in [3.05, 3.63) is 35.6 Å². The van der Waals surface area contributed by atoms with Crippen LogP contribution in [0.5, 0.6) is 0 Å². The largest absolute Gasteiger partial charge is 0.480 e. The van der Waals surface area contributed by atoms with Gasteiger partial charge in [0.05, 0.1) is 9.98 Å². The lowest BCUT2D eigenvalue weighted by Gasteiger charge is -2.27. The van der Waals surface area contributed by atoms with E-state index >= 15 is 0 Å². The minimum Gasteiger partial charge on any atom is -0.480 e. The van der Waals surface area contributed by atoms with E-state index < -0.39 is 17.2 Å². The number of rotatable bonds is 5. The molecule has 96 valence electrons. The zero-order valence-electron chi connectivity index (χ0n) is 9.22. The molecule has 1 aromatic carbocycles. The van der Waals surface area contributed by atoms with Crippen molar-refractivity contribution >= 4 is 40.4 Å². The molecule has 1 aromatic rings. The lowest BCUT2D eigenvalue weighted by atomic mass is 9.81. The Morgan fingerprint density at radius 1 is 1.33 bits per heavy atom. The van der Waals surface area contributed by atoms with E-state index in [-0.39, 0.29) is 16.4 Å². The predicted molar refractivity (Wildman–Crippen MR) is 73.7 cm³/mol. The van der Waals surface area contributed by atoms with Crippen molar-refractivity contribution in [1.82, 2.24) is 0 Å². The van der Waals surface area contributed by atoms with Gasteiger partial charge in [0.25, 0.3) is 0 Å². The fourth-order valence-electron chi connectivity index (χ4n) is 1.54. The molecule has 0 heterocycles. The summed E-state index contributed by atoms with van der Waals surface area (Å²) in [4.78, 5) is 10.7. The summed E-state index contributed by atoms with van der Waals surface area (Å²) >= 11 is 9.50. The molecule has 0 amide bonds. The van der Waals surface area contributed by atoms with Crippen LogP contribution in [-0.2, 0) is 11.2 Å². The van der Waals surface area contributed by atoms with Gasteiger partial charge in [-0.05, 0) is 17.7 Å². The Hall–Kier alpha value is -1.60. The molecule has 0 aliphatic carbocycles. The van der Waals surface area contributed by atoms with Crippen molar-refractivity contribution in [3.8, 4) is 0 Å². The molecule has 0 unspecified atom stereocenters. The van der Waals surface area contributed by atoms with Gasteiger partial charge >= 0.3 is 5.97 Å². The molecular formula is C11H11FN2O2S2. The lowest BCUT2D eigenvalue weighted by Crippen LogP contribution is -2.53. The molecule has 0 fully saturated rings. The highest BCUT2D eigenvalue weighted by atomic mass is 32.1. The Morgan fingerprint density at radius 3 is 2.28 bits per heavy atom. The monoisotopic (exact) mass is 286 g/mol. The van der Waals surface area contributed by atoms with E-state index in [4.69, 9.17) is 35.9 Å². The minimum atomic E-state index is -1.83. The SMILES string of the molecule is NC(=S)C(Cc1cccc(F)c1)(C(=O)O)C(N)=S. The third-order valence-corrected chi connectivity index (χ3v) is 3.26. The first-order valence-corrected chi connectivity index (χ1v) is 5.70. The summed E-state index contributed by atoms with van der Waals surface area (Å²) in [6, 6.07) is 5.44. The molecule has 0 bridgehead atoms. The van der Waals surface area contributed by atoms with E-state index in [1.807, 2.05) is 0 Å². The first-order chi connectivity index (χ1) is 8.30. The van der Waals surface area contributed by atoms with Crippen LogP contribution < -0.4 is 11.5 Å². The second-order valence-electron chi connectivity index (χ2n) is 3.75. The number of thiocarbonyl (C=S) groups is 2. The van der Waals surface area contributed by atoms with Gasteiger partial charge in [0, 0.05) is 6.42 Å². The number of aliphatic carboxylic acids is 1. The van der Waals surface area contributed by atoms with Crippen LogP contribution in [0, 0.1) is 11.2 Å². The number of carbonyl (C=O) groups is 1. The number of halogens is 1. The normalized spacial score (nSPS) is 10.9. The molecule has 4 nitrogen and oxygen atoms in total. The molecule has 7 heteroatoms. The average Bonchev–Trinajstić information content (AvgIpc) is 2.24. The molecular weight excluding hydrogens is 275 g/mol. The van der Waals surface area contributed by atoms with Crippen LogP contribution >= 0.6 is 24.4 Å². The third kappa shape index (κ3) is 2.62. The molecule has 0 aliphatic rings. The van der Waals surface area contributed by atoms with E-state index in [2.05, 4.69) is 0 Å². The zero-order valence-corrected chi connectivity index (χ0v) is 10.9. The number of hydrogen-bond acceptors (Lipinski definition) is 3. The molecule has 0 spiro atoms. The van der Waals surface area contributed by atoms with E-state index in [1.54, 1.807) is 6.07 Å². The molecule has 0 saturated heterocycles. The highest BCUT2D eigenvalue weighted by Crippen LogP contribution is 2.25. The van der Waals surface area contributed by atoms with Crippen LogP contribution in [0.25, 0.3) is 0 Å². The summed E-state index contributed by atoms with van der Waals surface area (Å²) in [5.74, 6) is -1.83. The Morgan fingerprint density at radius 2 is 1.89 bits per heavy atom. The molecule has 0 aromatic heterocycles. The number of carboxylic acids is 1. The maximum Gasteiger partial charge on any atom is 0.323 e. The van der Waals surface area contributed by atoms with Crippen molar-refractivity contribution in [2.24, 2.45) is 16.9 Å². The Kier molecular flexibility index (Phi) is 4.31. The molecule has 18 heavy (non-hydrogen) atoms. The van der Waals surface area contributed by atoms with Crippen molar-refractivity contribution < 1.29 is 14.3 Å². The molecule has 5 N–H and O–H groups in total.